The van der Waals surface area contributed by atoms with Crippen molar-refractivity contribution in [3.05, 3.63) is 108 Å². The van der Waals surface area contributed by atoms with Gasteiger partial charge >= 0.3 is 0 Å². The second-order valence-electron chi connectivity index (χ2n) is 9.30. The molecule has 186 valence electrons. The van der Waals surface area contributed by atoms with Crippen molar-refractivity contribution >= 4 is 17.7 Å². The van der Waals surface area contributed by atoms with Gasteiger partial charge in [-0.05, 0) is 54.7 Å². The van der Waals surface area contributed by atoms with Crippen molar-refractivity contribution in [2.45, 2.75) is 37.4 Å². The predicted octanol–water partition coefficient (Wildman–Crippen LogP) is 5.31. The van der Waals surface area contributed by atoms with Gasteiger partial charge in [-0.3, -0.25) is 4.79 Å². The molecule has 0 bridgehead atoms. The molecule has 5 heteroatoms. The van der Waals surface area contributed by atoms with Crippen molar-refractivity contribution in [1.29, 1.82) is 0 Å². The maximum absolute atomic E-state index is 12.4. The number of nitrogens with one attached hydrogen (secondary N) is 1. The highest BCUT2D eigenvalue weighted by atomic mass is 32.2. The highest BCUT2D eigenvalue weighted by Gasteiger charge is 2.37. The van der Waals surface area contributed by atoms with Gasteiger partial charge in [0.1, 0.15) is 0 Å². The smallest absolute Gasteiger partial charge is 0.223 e. The van der Waals surface area contributed by atoms with Crippen LogP contribution in [0.2, 0.25) is 0 Å². The first-order valence-electron chi connectivity index (χ1n) is 12.5. The minimum Gasteiger partial charge on any atom is -0.369 e. The van der Waals surface area contributed by atoms with Crippen molar-refractivity contribution in [3.8, 4) is 0 Å². The summed E-state index contributed by atoms with van der Waals surface area (Å²) in [5.41, 5.74) is 14.7. The summed E-state index contributed by atoms with van der Waals surface area (Å²) < 4.78 is -0.334. The Morgan fingerprint density at radius 1 is 0.771 bits per heavy atom. The highest BCUT2D eigenvalue weighted by molar-refractivity contribution is 8.00. The van der Waals surface area contributed by atoms with Crippen molar-refractivity contribution in [3.63, 3.8) is 0 Å². The summed E-state index contributed by atoms with van der Waals surface area (Å²) in [4.78, 5) is 12.4. The molecule has 0 spiro atoms. The van der Waals surface area contributed by atoms with E-state index in [2.05, 4.69) is 96.3 Å². The molecule has 5 N–H and O–H groups in total. The SMILES string of the molecule is CC(CCCNCCN)(CCCSC(c1ccccc1)(c1ccccc1)c1ccccc1)C(N)=O. The zero-order chi connectivity index (χ0) is 25.0. The van der Waals surface area contributed by atoms with E-state index >= 15 is 0 Å². The third-order valence-corrected chi connectivity index (χ3v) is 8.36. The summed E-state index contributed by atoms with van der Waals surface area (Å²) >= 11 is 1.94. The van der Waals surface area contributed by atoms with Gasteiger partial charge in [-0.15, -0.1) is 11.8 Å². The van der Waals surface area contributed by atoms with Gasteiger partial charge in [0, 0.05) is 18.5 Å². The van der Waals surface area contributed by atoms with Crippen molar-refractivity contribution < 1.29 is 4.79 Å². The van der Waals surface area contributed by atoms with Gasteiger partial charge < -0.3 is 16.8 Å². The Morgan fingerprint density at radius 2 is 1.23 bits per heavy atom. The third kappa shape index (κ3) is 6.97. The molecule has 3 aromatic rings. The molecular formula is C30H39N3OS. The van der Waals surface area contributed by atoms with Gasteiger partial charge in [0.05, 0.1) is 4.75 Å². The summed E-state index contributed by atoms with van der Waals surface area (Å²) in [6.45, 7) is 4.29. The molecule has 3 rings (SSSR count). The molecule has 0 aliphatic carbocycles. The number of carbonyl (C=O) groups excluding carboxylic acids is 1. The number of hydrogen-bond donors (Lipinski definition) is 3. The second-order valence-corrected chi connectivity index (χ2v) is 10.6. The van der Waals surface area contributed by atoms with E-state index in [4.69, 9.17) is 11.5 Å². The maximum atomic E-state index is 12.4. The molecular weight excluding hydrogens is 450 g/mol. The molecule has 1 atom stereocenters. The van der Waals surface area contributed by atoms with Crippen LogP contribution in [-0.4, -0.2) is 31.3 Å². The predicted molar refractivity (Wildman–Crippen MR) is 149 cm³/mol. The monoisotopic (exact) mass is 489 g/mol. The van der Waals surface area contributed by atoms with Gasteiger partial charge in [-0.2, -0.15) is 0 Å². The summed E-state index contributed by atoms with van der Waals surface area (Å²) in [5, 5.41) is 3.31. The first kappa shape index (κ1) is 27.0. The molecule has 0 radical (unpaired) electrons. The lowest BCUT2D eigenvalue weighted by Crippen LogP contribution is -2.35. The number of nitrogens with two attached hydrogens (primary N) is 2. The third-order valence-electron chi connectivity index (χ3n) is 6.73. The second kappa shape index (κ2) is 13.5. The van der Waals surface area contributed by atoms with Crippen LogP contribution in [-0.2, 0) is 9.54 Å². The highest BCUT2D eigenvalue weighted by Crippen LogP contribution is 2.49. The quantitative estimate of drug-likeness (QED) is 0.200. The Bertz CT molecular complexity index is 917. The van der Waals surface area contributed by atoms with E-state index in [1.54, 1.807) is 0 Å². The number of benzene rings is 3. The Labute approximate surface area is 214 Å². The summed E-state index contributed by atoms with van der Waals surface area (Å²) in [6, 6.07) is 32.2. The van der Waals surface area contributed by atoms with Gasteiger partial charge in [0.15, 0.2) is 0 Å². The van der Waals surface area contributed by atoms with Crippen LogP contribution in [0.1, 0.15) is 49.3 Å². The molecule has 0 aliphatic rings. The average Bonchev–Trinajstić information content (AvgIpc) is 2.90. The van der Waals surface area contributed by atoms with Gasteiger partial charge in [0.25, 0.3) is 0 Å². The largest absolute Gasteiger partial charge is 0.369 e. The van der Waals surface area contributed by atoms with E-state index in [0.29, 0.717) is 6.54 Å². The number of carbonyl (C=O) groups is 1. The molecule has 0 aliphatic heterocycles. The van der Waals surface area contributed by atoms with Crippen LogP contribution >= 0.6 is 11.8 Å². The van der Waals surface area contributed by atoms with E-state index in [1.165, 1.54) is 16.7 Å². The molecule has 0 aromatic heterocycles. The van der Waals surface area contributed by atoms with E-state index in [9.17, 15) is 4.79 Å². The van der Waals surface area contributed by atoms with Crippen LogP contribution in [0.3, 0.4) is 0 Å². The molecule has 0 heterocycles. The van der Waals surface area contributed by atoms with E-state index < -0.39 is 5.41 Å². The first-order valence-corrected chi connectivity index (χ1v) is 13.5. The minimum atomic E-state index is -0.500. The fourth-order valence-corrected chi connectivity index (χ4v) is 6.16. The Balaban J connectivity index is 1.81. The molecule has 1 unspecified atom stereocenters. The summed E-state index contributed by atoms with van der Waals surface area (Å²) in [7, 11) is 0. The topological polar surface area (TPSA) is 81.1 Å². The van der Waals surface area contributed by atoms with Gasteiger partial charge in [-0.1, -0.05) is 97.9 Å². The fraction of sp³-hybridized carbons (Fsp3) is 0.367. The van der Waals surface area contributed by atoms with E-state index in [-0.39, 0.29) is 10.7 Å². The molecule has 35 heavy (non-hydrogen) atoms. The zero-order valence-corrected chi connectivity index (χ0v) is 21.6. The van der Waals surface area contributed by atoms with Gasteiger partial charge in [-0.25, -0.2) is 0 Å². The average molecular weight is 490 g/mol. The number of thioether (sulfide) groups is 1. The Kier molecular flexibility index (Phi) is 10.4. The molecule has 4 nitrogen and oxygen atoms in total. The fourth-order valence-electron chi connectivity index (χ4n) is 4.66. The lowest BCUT2D eigenvalue weighted by atomic mass is 9.80. The summed E-state index contributed by atoms with van der Waals surface area (Å²) in [6.07, 6.45) is 3.38. The zero-order valence-electron chi connectivity index (χ0n) is 20.8. The molecule has 0 saturated carbocycles. The van der Waals surface area contributed by atoms with Crippen LogP contribution in [0, 0.1) is 5.41 Å². The molecule has 3 aromatic carbocycles. The van der Waals surface area contributed by atoms with Crippen molar-refractivity contribution in [2.75, 3.05) is 25.4 Å². The van der Waals surface area contributed by atoms with Crippen LogP contribution in [0.4, 0.5) is 0 Å². The molecule has 1 amide bonds. The number of rotatable bonds is 15. The van der Waals surface area contributed by atoms with Gasteiger partial charge in [0.2, 0.25) is 5.91 Å². The van der Waals surface area contributed by atoms with Crippen molar-refractivity contribution in [1.82, 2.24) is 5.32 Å². The summed E-state index contributed by atoms with van der Waals surface area (Å²) in [5.74, 6) is 0.703. The van der Waals surface area contributed by atoms with Crippen LogP contribution in [0.15, 0.2) is 91.0 Å². The number of hydrogen-bond acceptors (Lipinski definition) is 4. The van der Waals surface area contributed by atoms with Crippen LogP contribution in [0.25, 0.3) is 0 Å². The Hall–Kier alpha value is -2.60. The number of amides is 1. The lowest BCUT2D eigenvalue weighted by molar-refractivity contribution is -0.127. The first-order chi connectivity index (χ1) is 17.0. The van der Waals surface area contributed by atoms with Crippen LogP contribution < -0.4 is 16.8 Å². The lowest BCUT2D eigenvalue weighted by Gasteiger charge is -2.36. The molecule has 0 fully saturated rings. The minimum absolute atomic E-state index is 0.207. The Morgan fingerprint density at radius 3 is 1.66 bits per heavy atom. The molecule has 0 saturated heterocycles. The maximum Gasteiger partial charge on any atom is 0.223 e. The standard InChI is InChI=1S/C30H39N3OS/c1-29(28(32)34,19-11-22-33-23-21-31)20-12-24-35-30(25-13-5-2-6-14-25,26-15-7-3-8-16-26)27-17-9-4-10-18-27/h2-10,13-18,33H,11-12,19-24,31H2,1H3,(H2,32,34). The number of primary amides is 1. The van der Waals surface area contributed by atoms with Crippen molar-refractivity contribution in [2.24, 2.45) is 16.9 Å². The normalized spacial score (nSPS) is 13.3. The van der Waals surface area contributed by atoms with Crippen LogP contribution in [0.5, 0.6) is 0 Å². The van der Waals surface area contributed by atoms with E-state index in [0.717, 1.165) is 44.5 Å². The van der Waals surface area contributed by atoms with E-state index in [1.807, 2.05) is 18.7 Å².